The first-order valence-electron chi connectivity index (χ1n) is 43.7. The van der Waals surface area contributed by atoms with E-state index in [9.17, 15) is 59.1 Å². The van der Waals surface area contributed by atoms with Crippen molar-refractivity contribution in [2.45, 2.75) is 224 Å². The molecule has 0 bridgehead atoms. The minimum atomic E-state index is -3.37. The van der Waals surface area contributed by atoms with Gasteiger partial charge in [-0.1, -0.05) is 108 Å². The number of benzene rings is 3. The molecule has 0 saturated heterocycles. The third-order valence-corrected chi connectivity index (χ3v) is 22.4. The molecule has 15 rings (SSSR count). The molecule has 18 atom stereocenters. The zero-order valence-electron chi connectivity index (χ0n) is 76.1. The van der Waals surface area contributed by atoms with E-state index in [4.69, 9.17) is 37.5 Å². The Balaban J connectivity index is 0.000000161. The van der Waals surface area contributed by atoms with Crippen LogP contribution in [0.2, 0.25) is 0 Å². The fourth-order valence-corrected chi connectivity index (χ4v) is 15.2. The van der Waals surface area contributed by atoms with Crippen LogP contribution in [0.4, 0.5) is 30.6 Å². The topological polar surface area (TPSA) is 415 Å². The van der Waals surface area contributed by atoms with Crippen LogP contribution in [0.1, 0.15) is 171 Å². The van der Waals surface area contributed by atoms with Gasteiger partial charge in [0.1, 0.15) is 54.1 Å². The van der Waals surface area contributed by atoms with Crippen molar-refractivity contribution in [3.05, 3.63) is 105 Å². The van der Waals surface area contributed by atoms with Gasteiger partial charge < -0.3 is 76.1 Å². The molecule has 6 fully saturated rings. The highest BCUT2D eigenvalue weighted by molar-refractivity contribution is 7.99. The van der Waals surface area contributed by atoms with Gasteiger partial charge in [-0.3, -0.25) is 0 Å². The van der Waals surface area contributed by atoms with Crippen LogP contribution in [0, 0.1) is 38.2 Å². The first-order valence-corrected chi connectivity index (χ1v) is 38.2. The lowest BCUT2D eigenvalue weighted by Crippen LogP contribution is -2.33. The standard InChI is InChI=1S/3C24H31FN6O4S/c3*1-3-8-36-24-27-22(26-16-10-14(16)13-5-4-12(2)15(25)9-13)19-23(28-24)31(30-29-19)17-11-18(35-7-6-32)21(34)20(17)33/h3*4-5,9,14,16-18,20-21,32-34H,3,6-8,10-11H2,1-2H3,(H,26,27,28)/t3*14-,16+,17+,18-,20-,21+/m000/s1/i4D,5D,6D2,7D2,9D;4D,5D,7D2,9D;4D,5D,6D2,9D. The summed E-state index contributed by atoms with van der Waals surface area (Å²) in [6, 6.07) is -6.08. The number of halogens is 3. The van der Waals surface area contributed by atoms with Crippen molar-refractivity contribution >= 4 is 86.2 Å². The third-order valence-electron chi connectivity index (χ3n) is 19.2. The van der Waals surface area contributed by atoms with Gasteiger partial charge in [-0.15, -0.1) is 15.3 Å². The van der Waals surface area contributed by atoms with Gasteiger partial charge in [0.2, 0.25) is 0 Å². The Hall–Kier alpha value is -7.14. The Morgan fingerprint density at radius 3 is 1.08 bits per heavy atom. The van der Waals surface area contributed by atoms with Gasteiger partial charge >= 0.3 is 0 Å². The van der Waals surface area contributed by atoms with Crippen LogP contribution >= 0.6 is 35.3 Å². The second kappa shape index (κ2) is 35.1. The van der Waals surface area contributed by atoms with Crippen LogP contribution in [0.3, 0.4) is 0 Å². The van der Waals surface area contributed by atoms with E-state index in [2.05, 4.69) is 76.8 Å². The first-order chi connectivity index (χ1) is 58.8. The molecule has 6 heterocycles. The van der Waals surface area contributed by atoms with Crippen molar-refractivity contribution in [2.24, 2.45) is 0 Å². The van der Waals surface area contributed by atoms with Gasteiger partial charge in [-0.05, 0) is 111 Å². The molecular weight excluding hydrogens is 1460 g/mol. The van der Waals surface area contributed by atoms with E-state index >= 15 is 0 Å². The van der Waals surface area contributed by atoms with Crippen molar-refractivity contribution in [1.82, 2.24) is 74.9 Å². The van der Waals surface area contributed by atoms with Gasteiger partial charge in [0.25, 0.3) is 0 Å². The summed E-state index contributed by atoms with van der Waals surface area (Å²) in [6.45, 7) is -3.04. The number of hydrogen-bond acceptors (Lipinski definition) is 30. The zero-order chi connectivity index (χ0) is 91.2. The van der Waals surface area contributed by atoms with E-state index in [1.165, 1.54) is 70.1 Å². The molecule has 582 valence electrons. The summed E-state index contributed by atoms with van der Waals surface area (Å²) >= 11 is 4.14. The highest BCUT2D eigenvalue weighted by Gasteiger charge is 2.49. The van der Waals surface area contributed by atoms with E-state index in [0.29, 0.717) is 52.1 Å². The first kappa shape index (κ1) is 59.6. The maximum Gasteiger partial charge on any atom is 0.191 e. The molecular formula is C72H93F3N18O12S3. The lowest BCUT2D eigenvalue weighted by atomic mass is 10.1. The molecule has 36 heteroatoms. The second-order valence-corrected chi connectivity index (χ2v) is 30.1. The van der Waals surface area contributed by atoms with Gasteiger partial charge in [0.15, 0.2) is 66.4 Å². The van der Waals surface area contributed by atoms with Crippen molar-refractivity contribution in [1.29, 1.82) is 0 Å². The van der Waals surface area contributed by atoms with Crippen LogP contribution in [0.25, 0.3) is 33.5 Å². The quantitative estimate of drug-likeness (QED) is 0.0168. The third kappa shape index (κ3) is 17.5. The molecule has 0 radical (unpaired) electrons. The largest absolute Gasteiger partial charge is 0.394 e. The SMILES string of the molecule is [2H]c1c([2H])c([C@@H]2C[C@H]2Nc2nc(SCCC)nc3c2nnn3[C@@H]2C[C@H](OC([2H])([2H])C([2H])([2H])O)[C@@H](O)[C@H]2O)c([2H])c(F)c1C.[2H]c1c([2H])c([C@@H]2C[C@H]2Nc2nc(SCCC)nc3c2nnn3[C@@H]2C[C@H](OC([2H])([2H])CO)[C@@H](O)[C@H]2O)c([2H])c(F)c1C.[2H]c1c([2H])c([C@@H]2C[C@H]2Nc2nc(SCCC)nc3c2nnn3[C@@H]2C[C@H](OCC([2H])([2H])O)[C@@H](O)[C@H]2O)c([2H])c(F)c1C. The number of aliphatic hydroxyl groups excluding tert-OH is 7. The fraction of sp³-hybridized carbons (Fsp3) is 0.583. The molecule has 6 aliphatic carbocycles. The second-order valence-electron chi connectivity index (χ2n) is 26.9. The zero-order valence-corrected chi connectivity index (χ0v) is 61.6. The lowest BCUT2D eigenvalue weighted by molar-refractivity contribution is -0.0629. The number of aliphatic hydroxyl groups is 9. The minimum Gasteiger partial charge on any atom is -0.394 e. The van der Waals surface area contributed by atoms with E-state index in [1.54, 1.807) is 0 Å². The summed E-state index contributed by atoms with van der Waals surface area (Å²) in [6.07, 6.45) is -8.41. The summed E-state index contributed by atoms with van der Waals surface area (Å²) in [4.78, 5) is 27.5. The molecule has 0 amide bonds. The molecule has 0 spiro atoms. The highest BCUT2D eigenvalue weighted by Crippen LogP contribution is 2.48. The molecule has 3 aromatic carbocycles. The van der Waals surface area contributed by atoms with Gasteiger partial charge in [0.05, 0.1) is 99.2 Å². The molecule has 0 unspecified atom stereocenters. The molecule has 108 heavy (non-hydrogen) atoms. The fourth-order valence-electron chi connectivity index (χ4n) is 13.1. The molecule has 9 aromatic rings. The number of hydrogen-bond donors (Lipinski definition) is 12. The Morgan fingerprint density at radius 1 is 0.454 bits per heavy atom. The van der Waals surface area contributed by atoms with Crippen molar-refractivity contribution < 1.29 is 96.6 Å². The minimum absolute atomic E-state index is 0.0254. The summed E-state index contributed by atoms with van der Waals surface area (Å²) in [5.41, 5.74) is 1.86. The molecule has 0 aliphatic heterocycles. The average Bonchev–Trinajstić information content (AvgIpc) is 1.61. The molecule has 30 nitrogen and oxygen atoms in total. The monoisotopic (exact) mass is 1570 g/mol. The Kier molecular flexibility index (Phi) is 19.4. The van der Waals surface area contributed by atoms with Crippen molar-refractivity contribution in [3.63, 3.8) is 0 Å². The van der Waals surface area contributed by atoms with Crippen LogP contribution in [0.5, 0.6) is 0 Å². The van der Waals surface area contributed by atoms with E-state index in [0.717, 1.165) is 30.8 Å². The number of rotatable bonds is 30. The number of thioether (sulfide) groups is 3. The van der Waals surface area contributed by atoms with E-state index in [1.807, 2.05) is 20.8 Å². The van der Waals surface area contributed by atoms with E-state index in [-0.39, 0.29) is 170 Å². The van der Waals surface area contributed by atoms with Gasteiger partial charge in [0, 0.05) is 72.4 Å². The average molecular weight is 1570 g/mol. The Morgan fingerprint density at radius 2 is 0.778 bits per heavy atom. The van der Waals surface area contributed by atoms with Crippen LogP contribution in [0.15, 0.2) is 69.9 Å². The Bertz CT molecular complexity index is 5430. The van der Waals surface area contributed by atoms with Crippen LogP contribution in [-0.2, 0) is 14.2 Å². The summed E-state index contributed by atoms with van der Waals surface area (Å²) in [7, 11) is 0. The molecule has 6 aliphatic rings. The predicted molar refractivity (Wildman–Crippen MR) is 398 cm³/mol. The number of fused-ring (bicyclic) bond motifs is 3. The molecule has 6 aromatic heterocycles. The Labute approximate surface area is 657 Å². The summed E-state index contributed by atoms with van der Waals surface area (Å²) in [5, 5.41) is 128. The summed E-state index contributed by atoms with van der Waals surface area (Å²) in [5.74, 6) is -0.562. The lowest BCUT2D eigenvalue weighted by Gasteiger charge is -2.17. The van der Waals surface area contributed by atoms with Crippen molar-refractivity contribution in [3.8, 4) is 0 Å². The van der Waals surface area contributed by atoms with Crippen molar-refractivity contribution in [2.75, 3.05) is 72.7 Å². The maximum absolute atomic E-state index is 14.6. The van der Waals surface area contributed by atoms with Gasteiger partial charge in [-0.25, -0.2) is 57.1 Å². The predicted octanol–water partition coefficient (Wildman–Crippen LogP) is 6.55. The maximum atomic E-state index is 14.6. The molecule has 6 saturated carbocycles. The number of anilines is 3. The van der Waals surface area contributed by atoms with Crippen LogP contribution < -0.4 is 16.0 Å². The number of nitrogens with zero attached hydrogens (tertiary/aromatic N) is 15. The van der Waals surface area contributed by atoms with Crippen LogP contribution in [-0.4, -0.2) is 251 Å². The van der Waals surface area contributed by atoms with Gasteiger partial charge in [-0.2, -0.15) is 0 Å². The molecule has 12 N–H and O–H groups in total. The number of nitrogens with one attached hydrogen (secondary N) is 3. The van der Waals surface area contributed by atoms with E-state index < -0.39 is 142 Å². The summed E-state index contributed by atoms with van der Waals surface area (Å²) < 4.78 is 197. The normalized spacial score (nSPS) is 30.4. The number of aromatic nitrogens is 15. The smallest absolute Gasteiger partial charge is 0.191 e. The highest BCUT2D eigenvalue weighted by atomic mass is 32.2. The number of ether oxygens (including phenoxy) is 3.